The molecule has 0 spiro atoms. The van der Waals surface area contributed by atoms with E-state index < -0.39 is 0 Å². The molecule has 0 unspecified atom stereocenters. The van der Waals surface area contributed by atoms with E-state index in [1.807, 2.05) is 37.3 Å². The normalized spacial score (nSPS) is 10.7. The Hall–Kier alpha value is -2.07. The highest BCUT2D eigenvalue weighted by Gasteiger charge is 2.12. The summed E-state index contributed by atoms with van der Waals surface area (Å²) in [5.74, 6) is -0.183. The lowest BCUT2D eigenvalue weighted by Crippen LogP contribution is -2.27. The van der Waals surface area contributed by atoms with Crippen molar-refractivity contribution in [3.05, 3.63) is 42.0 Å². The molecule has 106 valence electrons. The van der Waals surface area contributed by atoms with E-state index in [1.54, 1.807) is 6.07 Å². The summed E-state index contributed by atoms with van der Waals surface area (Å²) in [6.45, 7) is 4.45. The van der Waals surface area contributed by atoms with Gasteiger partial charge >= 0.3 is 0 Å². The Morgan fingerprint density at radius 3 is 2.75 bits per heavy atom. The second kappa shape index (κ2) is 6.91. The minimum absolute atomic E-state index is 0.0484. The molecule has 0 aliphatic heterocycles. The van der Waals surface area contributed by atoms with Gasteiger partial charge in [0.05, 0.1) is 5.56 Å². The highest BCUT2D eigenvalue weighted by Crippen LogP contribution is 2.28. The summed E-state index contributed by atoms with van der Waals surface area (Å²) in [4.78, 5) is 12.1. The molecular formula is C16H20N2O2. The smallest absolute Gasteiger partial charge is 0.255 e. The predicted octanol–water partition coefficient (Wildman–Crippen LogP) is 2.27. The minimum atomic E-state index is -0.232. The van der Waals surface area contributed by atoms with Crippen molar-refractivity contribution in [2.45, 2.75) is 13.3 Å². The van der Waals surface area contributed by atoms with Crippen molar-refractivity contribution in [2.24, 2.45) is 0 Å². The third-order valence-corrected chi connectivity index (χ3v) is 3.21. The van der Waals surface area contributed by atoms with E-state index in [0.717, 1.165) is 24.9 Å². The lowest BCUT2D eigenvalue weighted by molar-refractivity contribution is 0.0951. The molecule has 0 fully saturated rings. The predicted molar refractivity (Wildman–Crippen MR) is 81.1 cm³/mol. The lowest BCUT2D eigenvalue weighted by atomic mass is 10.0. The molecule has 2 aromatic rings. The van der Waals surface area contributed by atoms with Crippen LogP contribution in [0.15, 0.2) is 36.4 Å². The molecule has 2 aromatic carbocycles. The summed E-state index contributed by atoms with van der Waals surface area (Å²) in [7, 11) is 0. The number of fused-ring (bicyclic) bond motifs is 1. The van der Waals surface area contributed by atoms with E-state index in [0.29, 0.717) is 17.5 Å². The van der Waals surface area contributed by atoms with Gasteiger partial charge in [-0.3, -0.25) is 4.79 Å². The van der Waals surface area contributed by atoms with E-state index in [-0.39, 0.29) is 11.7 Å². The summed E-state index contributed by atoms with van der Waals surface area (Å²) in [6, 6.07) is 11.0. The molecule has 0 atom stereocenters. The fourth-order valence-electron chi connectivity index (χ4n) is 2.13. The number of nitrogens with one attached hydrogen (secondary N) is 2. The Morgan fingerprint density at radius 2 is 1.95 bits per heavy atom. The molecule has 0 aliphatic carbocycles. The summed E-state index contributed by atoms with van der Waals surface area (Å²) in [5, 5.41) is 17.8. The quantitative estimate of drug-likeness (QED) is 0.707. The average Bonchev–Trinajstić information content (AvgIpc) is 2.47. The third kappa shape index (κ3) is 3.27. The number of phenolic OH excluding ortho intramolecular Hbond substituents is 1. The van der Waals surface area contributed by atoms with E-state index in [2.05, 4.69) is 10.6 Å². The first-order valence-electron chi connectivity index (χ1n) is 6.93. The number of amides is 1. The van der Waals surface area contributed by atoms with Gasteiger partial charge in [0.1, 0.15) is 5.75 Å². The van der Waals surface area contributed by atoms with Crippen LogP contribution < -0.4 is 10.6 Å². The second-order valence-electron chi connectivity index (χ2n) is 4.65. The summed E-state index contributed by atoms with van der Waals surface area (Å²) >= 11 is 0. The first kappa shape index (κ1) is 14.3. The van der Waals surface area contributed by atoms with Crippen LogP contribution in [-0.4, -0.2) is 30.6 Å². The fraction of sp³-hybridized carbons (Fsp3) is 0.312. The van der Waals surface area contributed by atoms with Crippen molar-refractivity contribution in [1.82, 2.24) is 10.6 Å². The van der Waals surface area contributed by atoms with Crippen molar-refractivity contribution >= 4 is 16.7 Å². The van der Waals surface area contributed by atoms with E-state index in [9.17, 15) is 9.90 Å². The van der Waals surface area contributed by atoms with Gasteiger partial charge in [-0.15, -0.1) is 0 Å². The number of carbonyl (C=O) groups excluding carboxylic acids is 1. The van der Waals surface area contributed by atoms with Crippen molar-refractivity contribution in [3.8, 4) is 5.75 Å². The molecule has 2 rings (SSSR count). The number of benzene rings is 2. The zero-order chi connectivity index (χ0) is 14.4. The zero-order valence-corrected chi connectivity index (χ0v) is 11.6. The fourth-order valence-corrected chi connectivity index (χ4v) is 2.13. The molecule has 4 heteroatoms. The van der Waals surface area contributed by atoms with Crippen LogP contribution in [0.4, 0.5) is 0 Å². The highest BCUT2D eigenvalue weighted by atomic mass is 16.3. The lowest BCUT2D eigenvalue weighted by Gasteiger charge is -2.09. The van der Waals surface area contributed by atoms with Crippen LogP contribution in [0.25, 0.3) is 10.8 Å². The second-order valence-corrected chi connectivity index (χ2v) is 4.65. The molecule has 0 aliphatic rings. The largest absolute Gasteiger partial charge is 0.506 e. The third-order valence-electron chi connectivity index (χ3n) is 3.21. The highest BCUT2D eigenvalue weighted by molar-refractivity contribution is 6.03. The van der Waals surface area contributed by atoms with Gasteiger partial charge in [0.25, 0.3) is 5.91 Å². The van der Waals surface area contributed by atoms with Crippen LogP contribution in [0.2, 0.25) is 0 Å². The van der Waals surface area contributed by atoms with Crippen LogP contribution in [-0.2, 0) is 0 Å². The molecule has 3 N–H and O–H groups in total. The Balaban J connectivity index is 2.05. The average molecular weight is 272 g/mol. The molecule has 0 aromatic heterocycles. The number of phenols is 1. The maximum Gasteiger partial charge on any atom is 0.255 e. The van der Waals surface area contributed by atoms with Gasteiger partial charge in [-0.25, -0.2) is 0 Å². The topological polar surface area (TPSA) is 61.4 Å². The SMILES string of the molecule is CCNCCCNC(=O)c1ccc2ccccc2c1O. The van der Waals surface area contributed by atoms with Crippen LogP contribution in [0.5, 0.6) is 5.75 Å². The number of hydrogen-bond acceptors (Lipinski definition) is 3. The van der Waals surface area contributed by atoms with E-state index in [1.165, 1.54) is 0 Å². The maximum absolute atomic E-state index is 12.1. The molecule has 0 saturated heterocycles. The Labute approximate surface area is 118 Å². The number of rotatable bonds is 6. The number of aromatic hydroxyl groups is 1. The molecule has 0 radical (unpaired) electrons. The van der Waals surface area contributed by atoms with Gasteiger partial charge < -0.3 is 15.7 Å². The first-order valence-corrected chi connectivity index (χ1v) is 6.93. The van der Waals surface area contributed by atoms with Gasteiger partial charge in [-0.2, -0.15) is 0 Å². The molecule has 0 heterocycles. The van der Waals surface area contributed by atoms with Gasteiger partial charge in [0, 0.05) is 11.9 Å². The Morgan fingerprint density at radius 1 is 1.15 bits per heavy atom. The van der Waals surface area contributed by atoms with Crippen molar-refractivity contribution in [2.75, 3.05) is 19.6 Å². The van der Waals surface area contributed by atoms with E-state index in [4.69, 9.17) is 0 Å². The molecular weight excluding hydrogens is 252 g/mol. The van der Waals surface area contributed by atoms with Gasteiger partial charge in [0.2, 0.25) is 0 Å². The monoisotopic (exact) mass is 272 g/mol. The van der Waals surface area contributed by atoms with Gasteiger partial charge in [0.15, 0.2) is 0 Å². The molecule has 0 bridgehead atoms. The van der Waals surface area contributed by atoms with Crippen LogP contribution in [0.3, 0.4) is 0 Å². The van der Waals surface area contributed by atoms with Crippen LogP contribution >= 0.6 is 0 Å². The summed E-state index contributed by atoms with van der Waals surface area (Å²) in [6.07, 6.45) is 0.869. The summed E-state index contributed by atoms with van der Waals surface area (Å²) < 4.78 is 0. The molecule has 1 amide bonds. The van der Waals surface area contributed by atoms with Gasteiger partial charge in [-0.1, -0.05) is 37.3 Å². The zero-order valence-electron chi connectivity index (χ0n) is 11.6. The first-order chi connectivity index (χ1) is 9.74. The molecule has 4 nitrogen and oxygen atoms in total. The van der Waals surface area contributed by atoms with Crippen molar-refractivity contribution in [1.29, 1.82) is 0 Å². The van der Waals surface area contributed by atoms with Crippen molar-refractivity contribution in [3.63, 3.8) is 0 Å². The standard InChI is InChI=1S/C16H20N2O2/c1-2-17-10-5-11-18-16(20)14-9-8-12-6-3-4-7-13(12)15(14)19/h3-4,6-9,17,19H,2,5,10-11H2,1H3,(H,18,20). The number of carbonyl (C=O) groups is 1. The Bertz CT molecular complexity index is 596. The van der Waals surface area contributed by atoms with Crippen LogP contribution in [0.1, 0.15) is 23.7 Å². The maximum atomic E-state index is 12.1. The minimum Gasteiger partial charge on any atom is -0.506 e. The molecule has 20 heavy (non-hydrogen) atoms. The number of hydrogen-bond donors (Lipinski definition) is 3. The van der Waals surface area contributed by atoms with Crippen molar-refractivity contribution < 1.29 is 9.90 Å². The molecule has 0 saturated carbocycles. The van der Waals surface area contributed by atoms with Crippen LogP contribution in [0, 0.1) is 0 Å². The summed E-state index contributed by atoms with van der Waals surface area (Å²) in [5.41, 5.74) is 0.326. The van der Waals surface area contributed by atoms with Gasteiger partial charge in [-0.05, 0) is 31.0 Å². The Kier molecular flexibility index (Phi) is 4.96. The van der Waals surface area contributed by atoms with E-state index >= 15 is 0 Å².